The van der Waals surface area contributed by atoms with Crippen LogP contribution in [0.15, 0.2) is 24.3 Å². The first-order chi connectivity index (χ1) is 6.26. The molecule has 3 heteroatoms. The van der Waals surface area contributed by atoms with Crippen LogP contribution in [0.1, 0.15) is 11.1 Å². The van der Waals surface area contributed by atoms with Crippen LogP contribution in [-0.2, 0) is 11.4 Å². The Hall–Kier alpha value is -0.510. The molecule has 0 spiro atoms. The van der Waals surface area contributed by atoms with Crippen molar-refractivity contribution >= 4 is 11.8 Å². The van der Waals surface area contributed by atoms with E-state index in [4.69, 9.17) is 5.73 Å². The van der Waals surface area contributed by atoms with Gasteiger partial charge in [0.15, 0.2) is 0 Å². The minimum atomic E-state index is -0.806. The first-order valence-electron chi connectivity index (χ1n) is 4.35. The highest BCUT2D eigenvalue weighted by molar-refractivity contribution is 7.98. The van der Waals surface area contributed by atoms with Crippen LogP contribution in [0.4, 0.5) is 0 Å². The molecule has 13 heavy (non-hydrogen) atoms. The molecule has 1 aliphatic heterocycles. The second-order valence-electron chi connectivity index (χ2n) is 3.39. The van der Waals surface area contributed by atoms with E-state index in [0.29, 0.717) is 12.3 Å². The van der Waals surface area contributed by atoms with Gasteiger partial charge in [0, 0.05) is 18.1 Å². The van der Waals surface area contributed by atoms with Crippen LogP contribution >= 0.6 is 11.8 Å². The third-order valence-corrected chi connectivity index (χ3v) is 3.65. The quantitative estimate of drug-likeness (QED) is 0.705. The standard InChI is InChI=1S/C10H13NOS/c11-6-10(12)7-13-5-8-3-1-2-4-9(8)10/h1-4,12H,5-7,11H2. The Balaban J connectivity index is 2.48. The molecule has 0 radical (unpaired) electrons. The topological polar surface area (TPSA) is 46.2 Å². The van der Waals surface area contributed by atoms with Gasteiger partial charge < -0.3 is 10.8 Å². The van der Waals surface area contributed by atoms with E-state index < -0.39 is 5.60 Å². The lowest BCUT2D eigenvalue weighted by molar-refractivity contribution is 0.0700. The Kier molecular flexibility index (Phi) is 2.32. The number of nitrogens with two attached hydrogens (primary N) is 1. The Labute approximate surface area is 82.1 Å². The summed E-state index contributed by atoms with van der Waals surface area (Å²) in [6.07, 6.45) is 0. The lowest BCUT2D eigenvalue weighted by atomic mass is 9.91. The lowest BCUT2D eigenvalue weighted by Gasteiger charge is -2.32. The molecule has 70 valence electrons. The molecule has 1 aromatic rings. The van der Waals surface area contributed by atoms with Crippen molar-refractivity contribution in [1.29, 1.82) is 0 Å². The minimum absolute atomic E-state index is 0.303. The van der Waals surface area contributed by atoms with Crippen molar-refractivity contribution < 1.29 is 5.11 Å². The van der Waals surface area contributed by atoms with Gasteiger partial charge in [0.25, 0.3) is 0 Å². The SMILES string of the molecule is NCC1(O)CSCc2ccccc21. The van der Waals surface area contributed by atoms with Crippen LogP contribution in [0.3, 0.4) is 0 Å². The van der Waals surface area contributed by atoms with Crippen LogP contribution in [0.2, 0.25) is 0 Å². The molecule has 1 atom stereocenters. The molecule has 2 rings (SSSR count). The summed E-state index contributed by atoms with van der Waals surface area (Å²) in [5.41, 5.74) is 7.01. The largest absolute Gasteiger partial charge is 0.383 e. The van der Waals surface area contributed by atoms with Gasteiger partial charge in [0.1, 0.15) is 5.60 Å². The molecule has 0 bridgehead atoms. The monoisotopic (exact) mass is 195 g/mol. The Morgan fingerprint density at radius 2 is 2.23 bits per heavy atom. The molecule has 0 saturated carbocycles. The predicted octanol–water partition coefficient (Wildman–Crippen LogP) is 1.08. The molecule has 0 aromatic heterocycles. The molecular weight excluding hydrogens is 182 g/mol. The minimum Gasteiger partial charge on any atom is -0.383 e. The fraction of sp³-hybridized carbons (Fsp3) is 0.400. The summed E-state index contributed by atoms with van der Waals surface area (Å²) >= 11 is 1.74. The molecule has 0 saturated heterocycles. The van der Waals surface area contributed by atoms with Crippen molar-refractivity contribution in [2.45, 2.75) is 11.4 Å². The van der Waals surface area contributed by atoms with Crippen LogP contribution in [0.25, 0.3) is 0 Å². The number of hydrogen-bond donors (Lipinski definition) is 2. The summed E-state index contributed by atoms with van der Waals surface area (Å²) in [5, 5.41) is 10.2. The van der Waals surface area contributed by atoms with Gasteiger partial charge in [-0.05, 0) is 11.1 Å². The van der Waals surface area contributed by atoms with E-state index in [1.54, 1.807) is 11.8 Å². The molecule has 1 aromatic carbocycles. The molecule has 1 heterocycles. The molecule has 1 aliphatic rings. The second kappa shape index (κ2) is 3.33. The second-order valence-corrected chi connectivity index (χ2v) is 4.37. The van der Waals surface area contributed by atoms with E-state index >= 15 is 0 Å². The van der Waals surface area contributed by atoms with Crippen molar-refractivity contribution in [2.24, 2.45) is 5.73 Å². The molecule has 0 fully saturated rings. The van der Waals surface area contributed by atoms with Crippen molar-refractivity contribution in [2.75, 3.05) is 12.3 Å². The van der Waals surface area contributed by atoms with Crippen LogP contribution in [-0.4, -0.2) is 17.4 Å². The number of aliphatic hydroxyl groups is 1. The Bertz CT molecular complexity index is 316. The van der Waals surface area contributed by atoms with E-state index in [9.17, 15) is 5.11 Å². The predicted molar refractivity (Wildman–Crippen MR) is 55.6 cm³/mol. The summed E-state index contributed by atoms with van der Waals surface area (Å²) in [7, 11) is 0. The summed E-state index contributed by atoms with van der Waals surface area (Å²) < 4.78 is 0. The zero-order valence-electron chi connectivity index (χ0n) is 7.36. The van der Waals surface area contributed by atoms with Crippen molar-refractivity contribution in [1.82, 2.24) is 0 Å². The van der Waals surface area contributed by atoms with Gasteiger partial charge in [-0.1, -0.05) is 24.3 Å². The van der Waals surface area contributed by atoms with Crippen molar-refractivity contribution in [3.63, 3.8) is 0 Å². The third kappa shape index (κ3) is 1.47. The third-order valence-electron chi connectivity index (χ3n) is 2.45. The van der Waals surface area contributed by atoms with Gasteiger partial charge >= 0.3 is 0 Å². The molecule has 3 N–H and O–H groups in total. The number of benzene rings is 1. The lowest BCUT2D eigenvalue weighted by Crippen LogP contribution is -2.40. The Morgan fingerprint density at radius 3 is 3.00 bits per heavy atom. The van der Waals surface area contributed by atoms with Gasteiger partial charge in [-0.2, -0.15) is 11.8 Å². The first kappa shape index (κ1) is 9.06. The molecular formula is C10H13NOS. The average Bonchev–Trinajstić information content (AvgIpc) is 2.19. The fourth-order valence-corrected chi connectivity index (χ4v) is 2.86. The van der Waals surface area contributed by atoms with Gasteiger partial charge in [0.2, 0.25) is 0 Å². The van der Waals surface area contributed by atoms with E-state index in [1.807, 2.05) is 18.2 Å². The van der Waals surface area contributed by atoms with Gasteiger partial charge in [-0.3, -0.25) is 0 Å². The maximum Gasteiger partial charge on any atom is 0.111 e. The van der Waals surface area contributed by atoms with Crippen LogP contribution in [0, 0.1) is 0 Å². The summed E-state index contributed by atoms with van der Waals surface area (Å²) in [6, 6.07) is 7.99. The van der Waals surface area contributed by atoms with Gasteiger partial charge in [-0.15, -0.1) is 0 Å². The van der Waals surface area contributed by atoms with Crippen molar-refractivity contribution in [3.8, 4) is 0 Å². The van der Waals surface area contributed by atoms with Crippen LogP contribution < -0.4 is 5.73 Å². The number of hydrogen-bond acceptors (Lipinski definition) is 3. The summed E-state index contributed by atoms with van der Waals surface area (Å²) in [4.78, 5) is 0. The number of fused-ring (bicyclic) bond motifs is 1. The number of rotatable bonds is 1. The molecule has 1 unspecified atom stereocenters. The highest BCUT2D eigenvalue weighted by Gasteiger charge is 2.32. The van der Waals surface area contributed by atoms with E-state index in [2.05, 4.69) is 6.07 Å². The van der Waals surface area contributed by atoms with Gasteiger partial charge in [0.05, 0.1) is 0 Å². The van der Waals surface area contributed by atoms with Gasteiger partial charge in [-0.25, -0.2) is 0 Å². The maximum atomic E-state index is 10.2. The van der Waals surface area contributed by atoms with Crippen LogP contribution in [0.5, 0.6) is 0 Å². The summed E-state index contributed by atoms with van der Waals surface area (Å²) in [6.45, 7) is 0.303. The van der Waals surface area contributed by atoms with E-state index in [-0.39, 0.29) is 0 Å². The van der Waals surface area contributed by atoms with E-state index in [1.165, 1.54) is 5.56 Å². The molecule has 2 nitrogen and oxygen atoms in total. The highest BCUT2D eigenvalue weighted by Crippen LogP contribution is 2.35. The first-order valence-corrected chi connectivity index (χ1v) is 5.50. The van der Waals surface area contributed by atoms with E-state index in [0.717, 1.165) is 11.3 Å². The normalized spacial score (nSPS) is 26.9. The smallest absolute Gasteiger partial charge is 0.111 e. The Morgan fingerprint density at radius 1 is 1.46 bits per heavy atom. The zero-order chi connectivity index (χ0) is 9.31. The number of thioether (sulfide) groups is 1. The zero-order valence-corrected chi connectivity index (χ0v) is 8.18. The molecule has 0 amide bonds. The highest BCUT2D eigenvalue weighted by atomic mass is 32.2. The summed E-state index contributed by atoms with van der Waals surface area (Å²) in [5.74, 6) is 1.69. The average molecular weight is 195 g/mol. The van der Waals surface area contributed by atoms with Crippen molar-refractivity contribution in [3.05, 3.63) is 35.4 Å². The maximum absolute atomic E-state index is 10.2. The molecule has 0 aliphatic carbocycles. The fourth-order valence-electron chi connectivity index (χ4n) is 1.68.